The number of aromatic amines is 1. The summed E-state index contributed by atoms with van der Waals surface area (Å²) in [5, 5.41) is 19.9. The van der Waals surface area contributed by atoms with Crippen molar-refractivity contribution in [3.63, 3.8) is 0 Å². The van der Waals surface area contributed by atoms with Crippen molar-refractivity contribution in [2.75, 3.05) is 5.32 Å². The summed E-state index contributed by atoms with van der Waals surface area (Å²) in [5.74, 6) is -0.374. The van der Waals surface area contributed by atoms with E-state index in [9.17, 15) is 14.9 Å². The van der Waals surface area contributed by atoms with E-state index in [-0.39, 0.29) is 10.9 Å². The molecule has 0 fully saturated rings. The molecule has 0 bridgehead atoms. The van der Waals surface area contributed by atoms with E-state index in [1.165, 1.54) is 12.1 Å². The monoisotopic (exact) mass is 266 g/mol. The van der Waals surface area contributed by atoms with Gasteiger partial charge in [0.15, 0.2) is 0 Å². The van der Waals surface area contributed by atoms with Crippen LogP contribution in [-0.4, -0.2) is 21.0 Å². The number of aryl methyl sites for hydroxylation is 2. The van der Waals surface area contributed by atoms with E-state index in [1.54, 1.807) is 13.8 Å². The number of H-pyrrole nitrogens is 1. The molecule has 0 saturated heterocycles. The number of rotatable bonds is 3. The molecule has 7 nitrogen and oxygen atoms in total. The lowest BCUT2D eigenvalue weighted by Gasteiger charge is -2.02. The summed E-state index contributed by atoms with van der Waals surface area (Å²) >= 11 is 0.841. The zero-order chi connectivity index (χ0) is 13.3. The predicted octanol–water partition coefficient (Wildman–Crippen LogP) is 2.25. The minimum Gasteiger partial charge on any atom is -0.318 e. The number of hydrogen-bond acceptors (Lipinski definition) is 5. The first-order valence-electron chi connectivity index (χ1n) is 5.06. The van der Waals surface area contributed by atoms with Crippen LogP contribution in [0.1, 0.15) is 21.1 Å². The molecule has 0 radical (unpaired) electrons. The first kappa shape index (κ1) is 12.2. The number of carbonyl (C=O) groups is 1. The molecule has 0 aromatic carbocycles. The topological polar surface area (TPSA) is 101 Å². The standard InChI is InChI=1S/C10H10N4O3S/c1-5-9(6(2)13-12-5)11-10(15)7-3-4-8(18-7)14(16)17/h3-4H,1-2H3,(H,11,15)(H,12,13). The highest BCUT2D eigenvalue weighted by atomic mass is 32.1. The highest BCUT2D eigenvalue weighted by molar-refractivity contribution is 7.17. The maximum Gasteiger partial charge on any atom is 0.324 e. The molecule has 2 rings (SSSR count). The summed E-state index contributed by atoms with van der Waals surface area (Å²) in [5.41, 5.74) is 2.02. The Bertz CT molecular complexity index is 597. The predicted molar refractivity (Wildman–Crippen MR) is 67.0 cm³/mol. The highest BCUT2D eigenvalue weighted by Gasteiger charge is 2.17. The summed E-state index contributed by atoms with van der Waals surface area (Å²) < 4.78 is 0. The molecular weight excluding hydrogens is 256 g/mol. The first-order valence-corrected chi connectivity index (χ1v) is 5.88. The van der Waals surface area contributed by atoms with Gasteiger partial charge in [0.25, 0.3) is 5.91 Å². The van der Waals surface area contributed by atoms with Crippen LogP contribution in [0, 0.1) is 24.0 Å². The van der Waals surface area contributed by atoms with Crippen molar-refractivity contribution in [3.05, 3.63) is 38.5 Å². The number of nitrogens with zero attached hydrogens (tertiary/aromatic N) is 2. The van der Waals surface area contributed by atoms with Crippen molar-refractivity contribution in [2.45, 2.75) is 13.8 Å². The molecule has 2 aromatic rings. The first-order chi connectivity index (χ1) is 8.49. The molecule has 8 heteroatoms. The van der Waals surface area contributed by atoms with Gasteiger partial charge in [-0.2, -0.15) is 5.10 Å². The summed E-state index contributed by atoms with van der Waals surface area (Å²) in [4.78, 5) is 22.2. The van der Waals surface area contributed by atoms with Crippen LogP contribution in [0.3, 0.4) is 0 Å². The number of aromatic nitrogens is 2. The molecule has 2 heterocycles. The van der Waals surface area contributed by atoms with E-state index in [2.05, 4.69) is 15.5 Å². The molecule has 0 spiro atoms. The molecule has 18 heavy (non-hydrogen) atoms. The molecule has 0 unspecified atom stereocenters. The third-order valence-electron chi connectivity index (χ3n) is 2.36. The third-order valence-corrected chi connectivity index (χ3v) is 3.40. The van der Waals surface area contributed by atoms with Crippen molar-refractivity contribution >= 4 is 27.9 Å². The Morgan fingerprint density at radius 1 is 1.50 bits per heavy atom. The molecular formula is C10H10N4O3S. The molecule has 0 aliphatic carbocycles. The Kier molecular flexibility index (Phi) is 3.11. The molecule has 2 N–H and O–H groups in total. The van der Waals surface area contributed by atoms with Crippen LogP contribution in [0.4, 0.5) is 10.7 Å². The number of carbonyl (C=O) groups excluding carboxylic acids is 1. The van der Waals surface area contributed by atoms with Gasteiger partial charge in [-0.3, -0.25) is 20.0 Å². The van der Waals surface area contributed by atoms with E-state index in [0.29, 0.717) is 16.3 Å². The highest BCUT2D eigenvalue weighted by Crippen LogP contribution is 2.25. The van der Waals surface area contributed by atoms with Crippen molar-refractivity contribution in [3.8, 4) is 0 Å². The molecule has 2 aromatic heterocycles. The van der Waals surface area contributed by atoms with Crippen molar-refractivity contribution in [2.24, 2.45) is 0 Å². The van der Waals surface area contributed by atoms with Crippen LogP contribution in [0.15, 0.2) is 12.1 Å². The Morgan fingerprint density at radius 3 is 2.72 bits per heavy atom. The van der Waals surface area contributed by atoms with Crippen molar-refractivity contribution in [1.82, 2.24) is 10.2 Å². The average molecular weight is 266 g/mol. The summed E-state index contributed by atoms with van der Waals surface area (Å²) in [6, 6.07) is 2.75. The van der Waals surface area contributed by atoms with Crippen LogP contribution in [0.2, 0.25) is 0 Å². The fourth-order valence-corrected chi connectivity index (χ4v) is 2.17. The van der Waals surface area contributed by atoms with E-state index < -0.39 is 4.92 Å². The lowest BCUT2D eigenvalue weighted by atomic mass is 10.3. The van der Waals surface area contributed by atoms with Gasteiger partial charge >= 0.3 is 5.00 Å². The Hall–Kier alpha value is -2.22. The van der Waals surface area contributed by atoms with Crippen LogP contribution < -0.4 is 5.32 Å². The van der Waals surface area contributed by atoms with Gasteiger partial charge in [0.1, 0.15) is 0 Å². The maximum absolute atomic E-state index is 11.9. The van der Waals surface area contributed by atoms with Crippen LogP contribution in [0.5, 0.6) is 0 Å². The Labute approximate surface area is 106 Å². The normalized spacial score (nSPS) is 10.3. The molecule has 0 saturated carbocycles. The second-order valence-corrected chi connectivity index (χ2v) is 4.72. The number of hydrogen-bond donors (Lipinski definition) is 2. The zero-order valence-electron chi connectivity index (χ0n) is 9.68. The van der Waals surface area contributed by atoms with E-state index >= 15 is 0 Å². The van der Waals surface area contributed by atoms with Crippen molar-refractivity contribution in [1.29, 1.82) is 0 Å². The van der Waals surface area contributed by atoms with Gasteiger partial charge in [-0.15, -0.1) is 0 Å². The SMILES string of the molecule is Cc1n[nH]c(C)c1NC(=O)c1ccc([N+](=O)[O-])s1. The van der Waals surface area contributed by atoms with Crippen LogP contribution in [-0.2, 0) is 0 Å². The molecule has 0 aliphatic rings. The fraction of sp³-hybridized carbons (Fsp3) is 0.200. The minimum absolute atomic E-state index is 0.0548. The Balaban J connectivity index is 2.19. The maximum atomic E-state index is 11.9. The lowest BCUT2D eigenvalue weighted by Crippen LogP contribution is -2.11. The molecule has 94 valence electrons. The van der Waals surface area contributed by atoms with Gasteiger partial charge in [0, 0.05) is 6.07 Å². The number of amides is 1. The van der Waals surface area contributed by atoms with Gasteiger partial charge in [0.2, 0.25) is 0 Å². The largest absolute Gasteiger partial charge is 0.324 e. The average Bonchev–Trinajstić information content (AvgIpc) is 2.91. The number of anilines is 1. The van der Waals surface area contributed by atoms with Gasteiger partial charge in [-0.05, 0) is 19.9 Å². The molecule has 0 aliphatic heterocycles. The zero-order valence-corrected chi connectivity index (χ0v) is 10.5. The van der Waals surface area contributed by atoms with E-state index in [4.69, 9.17) is 0 Å². The number of nitro groups is 1. The second kappa shape index (κ2) is 4.57. The third kappa shape index (κ3) is 2.23. The van der Waals surface area contributed by atoms with Crippen molar-refractivity contribution < 1.29 is 9.72 Å². The summed E-state index contributed by atoms with van der Waals surface area (Å²) in [7, 11) is 0. The lowest BCUT2D eigenvalue weighted by molar-refractivity contribution is -0.380. The van der Waals surface area contributed by atoms with Crippen LogP contribution >= 0.6 is 11.3 Å². The fourth-order valence-electron chi connectivity index (χ4n) is 1.46. The molecule has 0 atom stereocenters. The minimum atomic E-state index is -0.518. The van der Waals surface area contributed by atoms with E-state index in [1.807, 2.05) is 0 Å². The number of nitrogens with one attached hydrogen (secondary N) is 2. The van der Waals surface area contributed by atoms with Gasteiger partial charge in [-0.1, -0.05) is 11.3 Å². The van der Waals surface area contributed by atoms with Crippen LogP contribution in [0.25, 0.3) is 0 Å². The summed E-state index contributed by atoms with van der Waals surface area (Å²) in [6.45, 7) is 3.54. The molecule has 1 amide bonds. The second-order valence-electron chi connectivity index (χ2n) is 3.66. The smallest absolute Gasteiger partial charge is 0.318 e. The van der Waals surface area contributed by atoms with Gasteiger partial charge < -0.3 is 5.32 Å². The van der Waals surface area contributed by atoms with Gasteiger partial charge in [-0.25, -0.2) is 0 Å². The summed E-state index contributed by atoms with van der Waals surface area (Å²) in [6.07, 6.45) is 0. The van der Waals surface area contributed by atoms with Gasteiger partial charge in [0.05, 0.1) is 26.9 Å². The van der Waals surface area contributed by atoms with E-state index in [0.717, 1.165) is 17.0 Å². The quantitative estimate of drug-likeness (QED) is 0.657. The Morgan fingerprint density at radius 2 is 2.22 bits per heavy atom. The number of thiophene rings is 1.